The SMILES string of the molecule is COc1cc(CC(=O)Oc2[c]cc(OC)c(OC)c2OC)cc(OC)c1OC. The molecule has 0 N–H and O–H groups in total. The Balaban J connectivity index is 2.28. The highest BCUT2D eigenvalue weighted by atomic mass is 16.6. The smallest absolute Gasteiger partial charge is 0.315 e. The van der Waals surface area contributed by atoms with Crippen LogP contribution in [-0.2, 0) is 11.2 Å². The van der Waals surface area contributed by atoms with Gasteiger partial charge in [-0.25, -0.2) is 0 Å². The van der Waals surface area contributed by atoms with Crippen molar-refractivity contribution >= 4 is 5.97 Å². The summed E-state index contributed by atoms with van der Waals surface area (Å²) in [6.45, 7) is 0. The molecule has 0 unspecified atom stereocenters. The number of carbonyl (C=O) groups excluding carboxylic acids is 1. The Labute approximate surface area is 163 Å². The van der Waals surface area contributed by atoms with E-state index in [0.717, 1.165) is 0 Å². The molecule has 0 aliphatic heterocycles. The molecule has 0 heterocycles. The summed E-state index contributed by atoms with van der Waals surface area (Å²) >= 11 is 0. The lowest BCUT2D eigenvalue weighted by Crippen LogP contribution is -2.13. The first kappa shape index (κ1) is 21.0. The van der Waals surface area contributed by atoms with Crippen molar-refractivity contribution in [2.45, 2.75) is 6.42 Å². The van der Waals surface area contributed by atoms with Crippen LogP contribution in [0.25, 0.3) is 0 Å². The summed E-state index contributed by atoms with van der Waals surface area (Å²) < 4.78 is 37.1. The van der Waals surface area contributed by atoms with Gasteiger partial charge in [0, 0.05) is 6.07 Å². The molecule has 2 rings (SSSR count). The molecule has 0 aliphatic carbocycles. The minimum Gasteiger partial charge on any atom is -0.493 e. The summed E-state index contributed by atoms with van der Waals surface area (Å²) in [5.41, 5.74) is 0.624. The van der Waals surface area contributed by atoms with Crippen LogP contribution in [0.2, 0.25) is 0 Å². The molecule has 28 heavy (non-hydrogen) atoms. The van der Waals surface area contributed by atoms with E-state index >= 15 is 0 Å². The van der Waals surface area contributed by atoms with E-state index in [1.807, 2.05) is 0 Å². The van der Waals surface area contributed by atoms with Gasteiger partial charge in [0.1, 0.15) is 0 Å². The molecule has 2 aromatic carbocycles. The van der Waals surface area contributed by atoms with Gasteiger partial charge in [-0.15, -0.1) is 0 Å². The van der Waals surface area contributed by atoms with Crippen LogP contribution in [0.15, 0.2) is 18.2 Å². The third kappa shape index (κ3) is 4.33. The second kappa shape index (κ2) is 9.59. The van der Waals surface area contributed by atoms with Crippen molar-refractivity contribution < 1.29 is 38.0 Å². The molecule has 151 valence electrons. The Morgan fingerprint density at radius 3 is 1.75 bits per heavy atom. The van der Waals surface area contributed by atoms with Gasteiger partial charge < -0.3 is 33.2 Å². The Bertz CT molecular complexity index is 806. The number of benzene rings is 2. The minimum absolute atomic E-state index is 0.0396. The van der Waals surface area contributed by atoms with Crippen molar-refractivity contribution in [2.75, 3.05) is 42.7 Å². The number of rotatable bonds is 9. The van der Waals surface area contributed by atoms with Crippen molar-refractivity contribution in [3.8, 4) is 40.2 Å². The van der Waals surface area contributed by atoms with Crippen LogP contribution >= 0.6 is 0 Å². The molecule has 1 radical (unpaired) electrons. The van der Waals surface area contributed by atoms with Gasteiger partial charge >= 0.3 is 5.97 Å². The summed E-state index contributed by atoms with van der Waals surface area (Å²) in [6, 6.07) is 7.68. The summed E-state index contributed by atoms with van der Waals surface area (Å²) in [7, 11) is 8.89. The van der Waals surface area contributed by atoms with Crippen LogP contribution in [0.1, 0.15) is 5.56 Å². The summed E-state index contributed by atoms with van der Waals surface area (Å²) in [5, 5.41) is 0. The van der Waals surface area contributed by atoms with Crippen molar-refractivity contribution in [1.82, 2.24) is 0 Å². The summed E-state index contributed by atoms with van der Waals surface area (Å²) in [4.78, 5) is 12.5. The number of methoxy groups -OCH3 is 6. The summed E-state index contributed by atoms with van der Waals surface area (Å²) in [5.74, 6) is 1.81. The van der Waals surface area contributed by atoms with Crippen molar-refractivity contribution in [2.24, 2.45) is 0 Å². The van der Waals surface area contributed by atoms with Gasteiger partial charge in [0.15, 0.2) is 23.0 Å². The predicted molar refractivity (Wildman–Crippen MR) is 100 cm³/mol. The van der Waals surface area contributed by atoms with Gasteiger partial charge in [-0.2, -0.15) is 0 Å². The van der Waals surface area contributed by atoms with Gasteiger partial charge in [0.25, 0.3) is 0 Å². The van der Waals surface area contributed by atoms with Gasteiger partial charge in [-0.05, 0) is 23.8 Å². The number of esters is 1. The highest BCUT2D eigenvalue weighted by Crippen LogP contribution is 2.44. The molecule has 0 bridgehead atoms. The first-order valence-corrected chi connectivity index (χ1v) is 8.23. The van der Waals surface area contributed by atoms with E-state index in [1.54, 1.807) is 12.1 Å². The molecule has 0 aliphatic rings. The lowest BCUT2D eigenvalue weighted by Gasteiger charge is -2.16. The molecular weight excluding hydrogens is 368 g/mol. The standard InChI is InChI=1S/C20H23O8/c1-22-13-7-8-14(20(27-6)19(13)26-5)28-17(21)11-12-9-15(23-2)18(25-4)16(10-12)24-3/h7,9-10H,11H2,1-6H3. The Hall–Kier alpha value is -3.29. The average Bonchev–Trinajstić information content (AvgIpc) is 2.72. The number of ether oxygens (including phenoxy) is 7. The van der Waals surface area contributed by atoms with E-state index in [4.69, 9.17) is 33.2 Å². The number of hydrogen-bond acceptors (Lipinski definition) is 8. The van der Waals surface area contributed by atoms with E-state index in [9.17, 15) is 4.79 Å². The maximum atomic E-state index is 12.5. The van der Waals surface area contributed by atoms with E-state index in [2.05, 4.69) is 6.07 Å². The normalized spacial score (nSPS) is 10.1. The monoisotopic (exact) mass is 391 g/mol. The first-order chi connectivity index (χ1) is 13.5. The molecule has 0 atom stereocenters. The Kier molecular flexibility index (Phi) is 7.20. The average molecular weight is 391 g/mol. The molecule has 0 spiro atoms. The molecule has 0 aromatic heterocycles. The van der Waals surface area contributed by atoms with E-state index < -0.39 is 5.97 Å². The second-order valence-electron chi connectivity index (χ2n) is 5.44. The molecule has 2 aromatic rings. The van der Waals surface area contributed by atoms with Gasteiger partial charge in [0.05, 0.1) is 49.1 Å². The van der Waals surface area contributed by atoms with Crippen LogP contribution < -0.4 is 33.2 Å². The molecule has 0 amide bonds. The fourth-order valence-corrected chi connectivity index (χ4v) is 2.64. The van der Waals surface area contributed by atoms with Crippen molar-refractivity contribution in [1.29, 1.82) is 0 Å². The van der Waals surface area contributed by atoms with Crippen LogP contribution in [0.5, 0.6) is 40.2 Å². The van der Waals surface area contributed by atoms with Gasteiger partial charge in [-0.1, -0.05) is 0 Å². The van der Waals surface area contributed by atoms with Crippen LogP contribution in [0, 0.1) is 6.07 Å². The van der Waals surface area contributed by atoms with Crippen LogP contribution in [0.3, 0.4) is 0 Å². The summed E-state index contributed by atoms with van der Waals surface area (Å²) in [6.07, 6.45) is -0.0396. The van der Waals surface area contributed by atoms with E-state index in [-0.39, 0.29) is 17.9 Å². The second-order valence-corrected chi connectivity index (χ2v) is 5.44. The largest absolute Gasteiger partial charge is 0.493 e. The maximum Gasteiger partial charge on any atom is 0.315 e. The molecule has 8 nitrogen and oxygen atoms in total. The highest BCUT2D eigenvalue weighted by Gasteiger charge is 2.21. The number of hydrogen-bond donors (Lipinski definition) is 0. The van der Waals surface area contributed by atoms with Crippen molar-refractivity contribution in [3.05, 3.63) is 29.8 Å². The highest BCUT2D eigenvalue weighted by molar-refractivity contribution is 5.77. The molecule has 0 saturated carbocycles. The predicted octanol–water partition coefficient (Wildman–Crippen LogP) is 2.69. The van der Waals surface area contributed by atoms with Gasteiger partial charge in [-0.3, -0.25) is 4.79 Å². The topological polar surface area (TPSA) is 81.7 Å². The third-order valence-corrected chi connectivity index (χ3v) is 3.89. The maximum absolute atomic E-state index is 12.5. The molecule has 0 saturated heterocycles. The molecular formula is C20H23O8. The zero-order valence-corrected chi connectivity index (χ0v) is 16.7. The Morgan fingerprint density at radius 1 is 0.750 bits per heavy atom. The third-order valence-electron chi connectivity index (χ3n) is 3.89. The first-order valence-electron chi connectivity index (χ1n) is 8.23. The Morgan fingerprint density at radius 2 is 1.29 bits per heavy atom. The van der Waals surface area contributed by atoms with Crippen molar-refractivity contribution in [3.63, 3.8) is 0 Å². The quantitative estimate of drug-likeness (QED) is 0.477. The zero-order chi connectivity index (χ0) is 20.7. The number of carbonyl (C=O) groups is 1. The lowest BCUT2D eigenvalue weighted by molar-refractivity contribution is -0.133. The molecule has 8 heteroatoms. The molecule has 0 fully saturated rings. The fraction of sp³-hybridized carbons (Fsp3) is 0.350. The minimum atomic E-state index is -0.531. The fourth-order valence-electron chi connectivity index (χ4n) is 2.64. The lowest BCUT2D eigenvalue weighted by atomic mass is 10.1. The van der Waals surface area contributed by atoms with E-state index in [0.29, 0.717) is 34.3 Å². The van der Waals surface area contributed by atoms with Gasteiger partial charge in [0.2, 0.25) is 17.2 Å². The van der Waals surface area contributed by atoms with Crippen LogP contribution in [-0.4, -0.2) is 48.6 Å². The van der Waals surface area contributed by atoms with E-state index in [1.165, 1.54) is 48.7 Å². The van der Waals surface area contributed by atoms with Crippen LogP contribution in [0.4, 0.5) is 0 Å². The zero-order valence-electron chi connectivity index (χ0n) is 16.7.